The van der Waals surface area contributed by atoms with Crippen LogP contribution < -0.4 is 10.2 Å². The van der Waals surface area contributed by atoms with Crippen LogP contribution in [0.3, 0.4) is 0 Å². The van der Waals surface area contributed by atoms with Gasteiger partial charge in [-0.15, -0.1) is 0 Å². The lowest BCUT2D eigenvalue weighted by atomic mass is 10.1. The summed E-state index contributed by atoms with van der Waals surface area (Å²) in [4.78, 5) is 37.5. The van der Waals surface area contributed by atoms with Crippen molar-refractivity contribution in [1.82, 2.24) is 5.32 Å². The van der Waals surface area contributed by atoms with Gasteiger partial charge in [0.15, 0.2) is 5.11 Å². The van der Waals surface area contributed by atoms with Crippen LogP contribution >= 0.6 is 12.2 Å². The number of nitro groups is 1. The lowest BCUT2D eigenvalue weighted by Gasteiger charge is -2.30. The molecule has 8 nitrogen and oxygen atoms in total. The summed E-state index contributed by atoms with van der Waals surface area (Å²) >= 11 is 5.25. The number of anilines is 1. The second-order valence-corrected chi connectivity index (χ2v) is 7.64. The van der Waals surface area contributed by atoms with E-state index in [4.69, 9.17) is 16.6 Å². The fourth-order valence-electron chi connectivity index (χ4n) is 3.34. The molecule has 4 rings (SSSR count). The van der Waals surface area contributed by atoms with Crippen LogP contribution in [0.4, 0.5) is 11.4 Å². The van der Waals surface area contributed by atoms with Gasteiger partial charge in [-0.05, 0) is 61.5 Å². The highest BCUT2D eigenvalue weighted by Gasteiger charge is 2.35. The molecule has 3 aromatic rings. The van der Waals surface area contributed by atoms with Crippen molar-refractivity contribution in [2.24, 2.45) is 0 Å². The molecule has 2 amide bonds. The Kier molecular flexibility index (Phi) is 5.41. The molecule has 2 aromatic carbocycles. The van der Waals surface area contributed by atoms with Gasteiger partial charge in [0, 0.05) is 17.7 Å². The van der Waals surface area contributed by atoms with Gasteiger partial charge in [-0.1, -0.05) is 24.3 Å². The van der Waals surface area contributed by atoms with Crippen LogP contribution in [0, 0.1) is 24.0 Å². The summed E-state index contributed by atoms with van der Waals surface area (Å²) in [5.41, 5.74) is 2.64. The van der Waals surface area contributed by atoms with Gasteiger partial charge in [0.1, 0.15) is 17.1 Å². The van der Waals surface area contributed by atoms with Crippen LogP contribution in [0.5, 0.6) is 0 Å². The molecule has 0 atom stereocenters. The van der Waals surface area contributed by atoms with E-state index in [9.17, 15) is 19.7 Å². The number of thiocarbonyl (C=S) groups is 1. The number of benzene rings is 2. The maximum atomic E-state index is 13.2. The third-order valence-corrected chi connectivity index (χ3v) is 5.25. The standard InChI is InChI=1S/C23H17N3O5S/c1-13-6-7-14(2)19(10-13)25-22(28)18(21(27)24-23(25)32)12-17-8-9-20(31-17)15-4-3-5-16(11-15)26(29)30/h3-12H,1-2H3,(H,24,27,32)/b18-12+. The third-order valence-electron chi connectivity index (χ3n) is 4.96. The summed E-state index contributed by atoms with van der Waals surface area (Å²) in [7, 11) is 0. The van der Waals surface area contributed by atoms with Crippen molar-refractivity contribution in [3.8, 4) is 11.3 Å². The average molecular weight is 447 g/mol. The molecule has 160 valence electrons. The molecule has 0 saturated carbocycles. The molecule has 1 aliphatic heterocycles. The van der Waals surface area contributed by atoms with Gasteiger partial charge in [0.25, 0.3) is 17.5 Å². The van der Waals surface area contributed by atoms with Crippen molar-refractivity contribution in [2.75, 3.05) is 4.90 Å². The number of nitrogens with one attached hydrogen (secondary N) is 1. The van der Waals surface area contributed by atoms with E-state index in [0.29, 0.717) is 17.0 Å². The Morgan fingerprint density at radius 1 is 1.09 bits per heavy atom. The van der Waals surface area contributed by atoms with Gasteiger partial charge in [0.2, 0.25) is 0 Å². The smallest absolute Gasteiger partial charge is 0.270 e. The Morgan fingerprint density at radius 2 is 1.88 bits per heavy atom. The number of amides is 2. The maximum absolute atomic E-state index is 13.2. The molecule has 2 heterocycles. The van der Waals surface area contributed by atoms with Crippen LogP contribution in [-0.4, -0.2) is 21.9 Å². The van der Waals surface area contributed by atoms with Crippen LogP contribution in [0.15, 0.2) is 64.6 Å². The first kappa shape index (κ1) is 21.1. The number of carbonyl (C=O) groups is 2. The number of rotatable bonds is 4. The maximum Gasteiger partial charge on any atom is 0.270 e. The summed E-state index contributed by atoms with van der Waals surface area (Å²) in [6, 6.07) is 14.8. The Bertz CT molecular complexity index is 1320. The van der Waals surface area contributed by atoms with E-state index in [1.165, 1.54) is 23.1 Å². The van der Waals surface area contributed by atoms with Crippen molar-refractivity contribution >= 4 is 46.6 Å². The number of aryl methyl sites for hydroxylation is 2. The summed E-state index contributed by atoms with van der Waals surface area (Å²) in [5, 5.41) is 13.6. The zero-order valence-electron chi connectivity index (χ0n) is 17.1. The van der Waals surface area contributed by atoms with E-state index in [0.717, 1.165) is 11.1 Å². The lowest BCUT2D eigenvalue weighted by Crippen LogP contribution is -2.54. The Morgan fingerprint density at radius 3 is 2.62 bits per heavy atom. The van der Waals surface area contributed by atoms with Gasteiger partial charge in [-0.25, -0.2) is 0 Å². The van der Waals surface area contributed by atoms with Crippen LogP contribution in [-0.2, 0) is 9.59 Å². The Labute approximate surface area is 188 Å². The minimum absolute atomic E-state index is 0.00239. The van der Waals surface area contributed by atoms with Gasteiger partial charge >= 0.3 is 0 Å². The first-order chi connectivity index (χ1) is 15.2. The van der Waals surface area contributed by atoms with E-state index >= 15 is 0 Å². The highest BCUT2D eigenvalue weighted by Crippen LogP contribution is 2.29. The Balaban J connectivity index is 1.69. The molecule has 1 aromatic heterocycles. The average Bonchev–Trinajstić information content (AvgIpc) is 3.22. The number of hydrogen-bond acceptors (Lipinski definition) is 6. The Hall–Kier alpha value is -4.11. The summed E-state index contributed by atoms with van der Waals surface area (Å²) in [5.74, 6) is -0.583. The number of furan rings is 1. The number of non-ortho nitro benzene ring substituents is 1. The minimum Gasteiger partial charge on any atom is -0.457 e. The van der Waals surface area contributed by atoms with Crippen LogP contribution in [0.25, 0.3) is 17.4 Å². The highest BCUT2D eigenvalue weighted by molar-refractivity contribution is 7.80. The first-order valence-electron chi connectivity index (χ1n) is 9.58. The van der Waals surface area contributed by atoms with Crippen LogP contribution in [0.2, 0.25) is 0 Å². The predicted octanol–water partition coefficient (Wildman–Crippen LogP) is 4.30. The van der Waals surface area contributed by atoms with E-state index in [-0.39, 0.29) is 22.1 Å². The lowest BCUT2D eigenvalue weighted by molar-refractivity contribution is -0.384. The molecule has 1 aliphatic rings. The zero-order valence-corrected chi connectivity index (χ0v) is 17.9. The molecule has 0 spiro atoms. The highest BCUT2D eigenvalue weighted by atomic mass is 32.1. The summed E-state index contributed by atoms with van der Waals surface area (Å²) in [6.07, 6.45) is 1.33. The molecule has 0 radical (unpaired) electrons. The van der Waals surface area contributed by atoms with Gasteiger partial charge < -0.3 is 4.42 Å². The normalized spacial score (nSPS) is 15.2. The molecule has 1 fully saturated rings. The predicted molar refractivity (Wildman–Crippen MR) is 123 cm³/mol. The van der Waals surface area contributed by atoms with Gasteiger partial charge in [-0.2, -0.15) is 0 Å². The number of nitrogens with zero attached hydrogens (tertiary/aromatic N) is 2. The quantitative estimate of drug-likeness (QED) is 0.210. The van der Waals surface area contributed by atoms with Crippen molar-refractivity contribution in [1.29, 1.82) is 0 Å². The SMILES string of the molecule is Cc1ccc(C)c(N2C(=O)/C(=C/c3ccc(-c4cccc([N+](=O)[O-])c4)o3)C(=O)NC2=S)c1. The zero-order chi connectivity index (χ0) is 23.0. The minimum atomic E-state index is -0.630. The van der Waals surface area contributed by atoms with Gasteiger partial charge in [-0.3, -0.25) is 29.9 Å². The van der Waals surface area contributed by atoms with E-state index in [1.807, 2.05) is 32.0 Å². The second kappa shape index (κ2) is 8.20. The number of carbonyl (C=O) groups excluding carboxylic acids is 2. The van der Waals surface area contributed by atoms with E-state index < -0.39 is 16.7 Å². The van der Waals surface area contributed by atoms with E-state index in [2.05, 4.69) is 5.32 Å². The molecule has 0 bridgehead atoms. The first-order valence-corrected chi connectivity index (χ1v) is 9.99. The number of nitro benzene ring substituents is 1. The second-order valence-electron chi connectivity index (χ2n) is 7.26. The fraction of sp³-hybridized carbons (Fsp3) is 0.0870. The molecule has 0 unspecified atom stereocenters. The van der Waals surface area contributed by atoms with Crippen molar-refractivity contribution in [3.05, 3.63) is 87.2 Å². The molecule has 0 aliphatic carbocycles. The number of hydrogen-bond donors (Lipinski definition) is 1. The monoisotopic (exact) mass is 447 g/mol. The molecule has 32 heavy (non-hydrogen) atoms. The van der Waals surface area contributed by atoms with E-state index in [1.54, 1.807) is 24.3 Å². The molecular weight excluding hydrogens is 430 g/mol. The van der Waals surface area contributed by atoms with Crippen molar-refractivity contribution in [2.45, 2.75) is 13.8 Å². The molecule has 1 saturated heterocycles. The third kappa shape index (κ3) is 3.93. The molecular formula is C23H17N3O5S. The fourth-order valence-corrected chi connectivity index (χ4v) is 3.61. The van der Waals surface area contributed by atoms with Crippen molar-refractivity contribution < 1.29 is 18.9 Å². The van der Waals surface area contributed by atoms with Crippen LogP contribution in [0.1, 0.15) is 16.9 Å². The largest absolute Gasteiger partial charge is 0.457 e. The van der Waals surface area contributed by atoms with Crippen molar-refractivity contribution in [3.63, 3.8) is 0 Å². The van der Waals surface area contributed by atoms with Gasteiger partial charge in [0.05, 0.1) is 10.6 Å². The topological polar surface area (TPSA) is 106 Å². The summed E-state index contributed by atoms with van der Waals surface area (Å²) < 4.78 is 5.73. The summed E-state index contributed by atoms with van der Waals surface area (Å²) in [6.45, 7) is 3.75. The molecule has 1 N–H and O–H groups in total. The molecule has 9 heteroatoms.